The lowest BCUT2D eigenvalue weighted by Crippen LogP contribution is -2.26. The summed E-state index contributed by atoms with van der Waals surface area (Å²) in [6.07, 6.45) is 0. The van der Waals surface area contributed by atoms with Gasteiger partial charge >= 0.3 is 0 Å². The van der Waals surface area contributed by atoms with E-state index in [9.17, 15) is 9.18 Å². The van der Waals surface area contributed by atoms with Crippen molar-refractivity contribution in [2.45, 2.75) is 26.8 Å². The van der Waals surface area contributed by atoms with Gasteiger partial charge in [-0.05, 0) is 38.5 Å². The molecule has 1 N–H and O–H groups in total. The lowest BCUT2D eigenvalue weighted by molar-refractivity contribution is 0.0943. The minimum Gasteiger partial charge on any atom is -0.494 e. The van der Waals surface area contributed by atoms with E-state index >= 15 is 0 Å². The lowest BCUT2D eigenvalue weighted by Gasteiger charge is -2.14. The van der Waals surface area contributed by atoms with Crippen molar-refractivity contribution in [3.05, 3.63) is 45.2 Å². The third-order valence-corrected chi connectivity index (χ3v) is 4.20. The van der Waals surface area contributed by atoms with Crippen molar-refractivity contribution < 1.29 is 13.9 Å². The quantitative estimate of drug-likeness (QED) is 0.942. The van der Waals surface area contributed by atoms with Crippen molar-refractivity contribution in [2.75, 3.05) is 7.11 Å². The van der Waals surface area contributed by atoms with Gasteiger partial charge in [0.2, 0.25) is 0 Å². The molecule has 0 unspecified atom stereocenters. The molecule has 0 radical (unpaired) electrons. The fraction of sp³-hybridized carbons (Fsp3) is 0.333. The van der Waals surface area contributed by atoms with Crippen LogP contribution in [0.25, 0.3) is 0 Å². The predicted octanol–water partition coefficient (Wildman–Crippen LogP) is 3.40. The Bertz CT molecular complexity index is 670. The molecular weight excluding hydrogens is 291 g/mol. The van der Waals surface area contributed by atoms with E-state index in [4.69, 9.17) is 4.74 Å². The van der Waals surface area contributed by atoms with Gasteiger partial charge in [-0.2, -0.15) is 0 Å². The largest absolute Gasteiger partial charge is 0.494 e. The van der Waals surface area contributed by atoms with E-state index in [1.165, 1.54) is 24.5 Å². The van der Waals surface area contributed by atoms with Crippen molar-refractivity contribution in [1.29, 1.82) is 0 Å². The molecule has 0 bridgehead atoms. The first-order valence-electron chi connectivity index (χ1n) is 6.50. The first-order chi connectivity index (χ1) is 9.92. The normalized spacial score (nSPS) is 12.0. The van der Waals surface area contributed by atoms with E-state index in [0.29, 0.717) is 16.1 Å². The van der Waals surface area contributed by atoms with Gasteiger partial charge in [0, 0.05) is 0 Å². The Hall–Kier alpha value is -1.95. The second kappa shape index (κ2) is 6.22. The van der Waals surface area contributed by atoms with E-state index < -0.39 is 5.82 Å². The van der Waals surface area contributed by atoms with Crippen LogP contribution in [-0.2, 0) is 0 Å². The maximum atomic E-state index is 13.7. The van der Waals surface area contributed by atoms with Crippen LogP contribution < -0.4 is 10.1 Å². The topological polar surface area (TPSA) is 51.2 Å². The van der Waals surface area contributed by atoms with E-state index in [-0.39, 0.29) is 17.7 Å². The van der Waals surface area contributed by atoms with Gasteiger partial charge in [-0.1, -0.05) is 6.07 Å². The van der Waals surface area contributed by atoms with Gasteiger partial charge in [0.05, 0.1) is 23.9 Å². The van der Waals surface area contributed by atoms with Crippen LogP contribution in [-0.4, -0.2) is 18.0 Å². The molecule has 0 saturated heterocycles. The number of carbonyl (C=O) groups is 1. The van der Waals surface area contributed by atoms with Crippen LogP contribution in [0.5, 0.6) is 5.75 Å². The number of nitrogens with zero attached hydrogens (tertiary/aromatic N) is 1. The zero-order valence-electron chi connectivity index (χ0n) is 12.4. The zero-order chi connectivity index (χ0) is 15.6. The summed E-state index contributed by atoms with van der Waals surface area (Å²) in [5.41, 5.74) is 1.39. The summed E-state index contributed by atoms with van der Waals surface area (Å²) in [7, 11) is 1.41. The molecule has 2 aromatic rings. The molecular formula is C15H17FN2O2S. The fourth-order valence-electron chi connectivity index (χ4n) is 2.04. The highest BCUT2D eigenvalue weighted by atomic mass is 32.1. The van der Waals surface area contributed by atoms with E-state index in [2.05, 4.69) is 10.3 Å². The smallest absolute Gasteiger partial charge is 0.263 e. The summed E-state index contributed by atoms with van der Waals surface area (Å²) in [6.45, 7) is 5.47. The number of benzene rings is 1. The molecule has 112 valence electrons. The standard InChI is InChI=1S/C15H17FN2O2S/c1-8(11-5-6-13(20-4)12(16)7-11)18-15(19)14-9(2)17-10(3)21-14/h5-8H,1-4H3,(H,18,19)/t8-/m0/s1. The predicted molar refractivity (Wildman–Crippen MR) is 80.4 cm³/mol. The van der Waals surface area contributed by atoms with Gasteiger partial charge in [-0.3, -0.25) is 4.79 Å². The van der Waals surface area contributed by atoms with Gasteiger partial charge in [0.1, 0.15) is 4.88 Å². The highest BCUT2D eigenvalue weighted by Crippen LogP contribution is 2.23. The molecule has 0 aliphatic heterocycles. The Morgan fingerprint density at radius 3 is 2.67 bits per heavy atom. The summed E-state index contributed by atoms with van der Waals surface area (Å²) in [6, 6.07) is 4.35. The maximum absolute atomic E-state index is 13.7. The minimum atomic E-state index is -0.444. The summed E-state index contributed by atoms with van der Waals surface area (Å²) in [4.78, 5) is 17.0. The van der Waals surface area contributed by atoms with Gasteiger partial charge in [0.25, 0.3) is 5.91 Å². The Morgan fingerprint density at radius 1 is 1.43 bits per heavy atom. The molecule has 0 aliphatic rings. The first kappa shape index (κ1) is 15.4. The molecule has 0 saturated carbocycles. The SMILES string of the molecule is COc1ccc([C@H](C)NC(=O)c2sc(C)nc2C)cc1F. The monoisotopic (exact) mass is 308 g/mol. The summed E-state index contributed by atoms with van der Waals surface area (Å²) >= 11 is 1.35. The molecule has 4 nitrogen and oxygen atoms in total. The van der Waals surface area contributed by atoms with Crippen LogP contribution in [0.2, 0.25) is 0 Å². The molecule has 1 aromatic carbocycles. The van der Waals surface area contributed by atoms with E-state index in [1.54, 1.807) is 19.1 Å². The number of methoxy groups -OCH3 is 1. The third-order valence-electron chi connectivity index (χ3n) is 3.13. The molecule has 1 amide bonds. The Labute approximate surface area is 127 Å². The Balaban J connectivity index is 2.14. The first-order valence-corrected chi connectivity index (χ1v) is 7.32. The molecule has 21 heavy (non-hydrogen) atoms. The number of amides is 1. The van der Waals surface area contributed by atoms with Crippen LogP contribution >= 0.6 is 11.3 Å². The molecule has 0 spiro atoms. The third kappa shape index (κ3) is 3.39. The molecule has 1 aromatic heterocycles. The second-order valence-electron chi connectivity index (χ2n) is 4.74. The molecule has 0 fully saturated rings. The summed E-state index contributed by atoms with van der Waals surface area (Å²) in [5.74, 6) is -0.450. The minimum absolute atomic E-state index is 0.186. The van der Waals surface area contributed by atoms with E-state index in [0.717, 1.165) is 5.01 Å². The number of aryl methyl sites for hydroxylation is 2. The number of hydrogen-bond acceptors (Lipinski definition) is 4. The average molecular weight is 308 g/mol. The van der Waals surface area contributed by atoms with Crippen molar-refractivity contribution in [1.82, 2.24) is 10.3 Å². The Kier molecular flexibility index (Phi) is 4.57. The van der Waals surface area contributed by atoms with Gasteiger partial charge in [0.15, 0.2) is 11.6 Å². The highest BCUT2D eigenvalue weighted by molar-refractivity contribution is 7.13. The molecule has 1 heterocycles. The van der Waals surface area contributed by atoms with Crippen LogP contribution in [0, 0.1) is 19.7 Å². The van der Waals surface area contributed by atoms with E-state index in [1.807, 2.05) is 13.8 Å². The van der Waals surface area contributed by atoms with Gasteiger partial charge in [-0.15, -0.1) is 11.3 Å². The van der Waals surface area contributed by atoms with Crippen molar-refractivity contribution in [3.8, 4) is 5.75 Å². The molecule has 2 rings (SSSR count). The summed E-state index contributed by atoms with van der Waals surface area (Å²) in [5, 5.41) is 3.70. The number of thiazole rings is 1. The van der Waals surface area contributed by atoms with Crippen LogP contribution in [0.3, 0.4) is 0 Å². The van der Waals surface area contributed by atoms with Crippen molar-refractivity contribution in [3.63, 3.8) is 0 Å². The van der Waals surface area contributed by atoms with Crippen molar-refractivity contribution in [2.24, 2.45) is 0 Å². The number of hydrogen-bond donors (Lipinski definition) is 1. The maximum Gasteiger partial charge on any atom is 0.263 e. The number of carbonyl (C=O) groups excluding carboxylic acids is 1. The lowest BCUT2D eigenvalue weighted by atomic mass is 10.1. The Morgan fingerprint density at radius 2 is 2.14 bits per heavy atom. The fourth-order valence-corrected chi connectivity index (χ4v) is 2.86. The summed E-state index contributed by atoms with van der Waals surface area (Å²) < 4.78 is 18.6. The van der Waals surface area contributed by atoms with Crippen LogP contribution in [0.4, 0.5) is 4.39 Å². The average Bonchev–Trinajstić information content (AvgIpc) is 2.77. The van der Waals surface area contributed by atoms with Crippen LogP contribution in [0.15, 0.2) is 18.2 Å². The van der Waals surface area contributed by atoms with Gasteiger partial charge in [-0.25, -0.2) is 9.37 Å². The number of ether oxygens (including phenoxy) is 1. The number of nitrogens with one attached hydrogen (secondary N) is 1. The number of rotatable bonds is 4. The zero-order valence-corrected chi connectivity index (χ0v) is 13.2. The molecule has 1 atom stereocenters. The molecule has 6 heteroatoms. The highest BCUT2D eigenvalue weighted by Gasteiger charge is 2.17. The second-order valence-corrected chi connectivity index (χ2v) is 5.94. The molecule has 0 aliphatic carbocycles. The number of aromatic nitrogens is 1. The van der Waals surface area contributed by atoms with Crippen molar-refractivity contribution >= 4 is 17.2 Å². The van der Waals surface area contributed by atoms with Gasteiger partial charge < -0.3 is 10.1 Å². The number of halogens is 1. The van der Waals surface area contributed by atoms with Crippen LogP contribution in [0.1, 0.15) is 38.9 Å².